The molecule has 4 N–H and O–H groups in total. The summed E-state index contributed by atoms with van der Waals surface area (Å²) in [4.78, 5) is 29.5. The third kappa shape index (κ3) is 8.31. The van der Waals surface area contributed by atoms with Crippen LogP contribution < -0.4 is 19.5 Å². The summed E-state index contributed by atoms with van der Waals surface area (Å²) in [7, 11) is 6.85. The van der Waals surface area contributed by atoms with Gasteiger partial charge in [0.15, 0.2) is 40.1 Å². The van der Waals surface area contributed by atoms with Gasteiger partial charge in [0.1, 0.15) is 5.76 Å². The van der Waals surface area contributed by atoms with Crippen molar-refractivity contribution in [3.05, 3.63) is 81.0 Å². The quantitative estimate of drug-likeness (QED) is 0.147. The van der Waals surface area contributed by atoms with E-state index in [0.717, 1.165) is 53.6 Å². The Balaban J connectivity index is 0.000000937. The fourth-order valence-corrected chi connectivity index (χ4v) is 10.6. The van der Waals surface area contributed by atoms with E-state index in [1.165, 1.54) is 7.11 Å². The summed E-state index contributed by atoms with van der Waals surface area (Å²) in [5, 5.41) is 36.3. The minimum atomic E-state index is -1.46. The predicted octanol–water partition coefficient (Wildman–Crippen LogP) is 6.28. The Kier molecular flexibility index (Phi) is 13.5. The highest BCUT2D eigenvalue weighted by atomic mass is 32.2. The summed E-state index contributed by atoms with van der Waals surface area (Å²) in [5.74, 6) is 1.34. The molecule has 6 atom stereocenters. The highest BCUT2D eigenvalue weighted by molar-refractivity contribution is 8.00. The van der Waals surface area contributed by atoms with Crippen molar-refractivity contribution in [2.75, 3.05) is 54.0 Å². The lowest BCUT2D eigenvalue weighted by molar-refractivity contribution is -0.144. The van der Waals surface area contributed by atoms with Gasteiger partial charge in [0.25, 0.3) is 6.47 Å². The van der Waals surface area contributed by atoms with E-state index >= 15 is 0 Å². The maximum absolute atomic E-state index is 13.4. The number of thioether (sulfide) groups is 1. The van der Waals surface area contributed by atoms with Gasteiger partial charge in [0.05, 0.1) is 25.9 Å². The second-order valence-corrected chi connectivity index (χ2v) is 18.5. The van der Waals surface area contributed by atoms with Crippen molar-refractivity contribution in [1.82, 2.24) is 15.1 Å². The first-order valence-corrected chi connectivity index (χ1v) is 21.4. The van der Waals surface area contributed by atoms with E-state index < -0.39 is 11.5 Å². The third-order valence-corrected chi connectivity index (χ3v) is 14.1. The number of ether oxygens (including phenoxy) is 6. The molecule has 15 heteroatoms. The molecule has 1 saturated carbocycles. The normalized spacial score (nSPS) is 27.4. The molecule has 60 heavy (non-hydrogen) atoms. The number of phenols is 1. The SMILES string of the molecule is C=C(O)/C(C)=C1/OCO/C1=C1/CCC1N1CC2Cc3cc(C)c(OC)c(O)c3C(C1C(C)SC[C@@]1(C(=O)O)NCCc3cc(OC=O)c(OC)cc31)N2C.COC(C)(C)C. The molecule has 14 nitrogen and oxygen atoms in total. The van der Waals surface area contributed by atoms with E-state index in [2.05, 4.69) is 41.7 Å². The number of likely N-dealkylation sites (N-methyl/N-ethyl adjacent to an activating group) is 1. The van der Waals surface area contributed by atoms with Gasteiger partial charge in [-0.05, 0) is 107 Å². The zero-order valence-corrected chi connectivity index (χ0v) is 37.3. The van der Waals surface area contributed by atoms with E-state index in [1.54, 1.807) is 45.0 Å². The summed E-state index contributed by atoms with van der Waals surface area (Å²) in [6.07, 6.45) is 2.97. The number of piperazine rings is 1. The number of carboxylic acid groups (broad SMARTS) is 1. The monoisotopic (exact) mass is 851 g/mol. The van der Waals surface area contributed by atoms with Crippen molar-refractivity contribution in [3.8, 4) is 23.0 Å². The average Bonchev–Trinajstić information content (AvgIpc) is 3.65. The Hall–Kier alpha value is -4.41. The van der Waals surface area contributed by atoms with Crippen LogP contribution in [0.5, 0.6) is 23.0 Å². The van der Waals surface area contributed by atoms with Crippen LogP contribution in [0.1, 0.15) is 81.3 Å². The van der Waals surface area contributed by atoms with E-state index in [4.69, 9.17) is 28.4 Å². The predicted molar refractivity (Wildman–Crippen MR) is 229 cm³/mol. The van der Waals surface area contributed by atoms with Gasteiger partial charge in [-0.1, -0.05) is 19.6 Å². The zero-order valence-electron chi connectivity index (χ0n) is 36.5. The number of carbonyl (C=O) groups excluding carboxylic acids is 1. The van der Waals surface area contributed by atoms with Gasteiger partial charge >= 0.3 is 5.97 Å². The summed E-state index contributed by atoms with van der Waals surface area (Å²) in [5.41, 5.74) is 4.34. The topological polar surface area (TPSA) is 169 Å². The molecule has 0 radical (unpaired) electrons. The number of aromatic hydroxyl groups is 1. The van der Waals surface area contributed by atoms with Gasteiger partial charge in [-0.25, -0.2) is 4.79 Å². The van der Waals surface area contributed by atoms with Crippen LogP contribution in [0.15, 0.2) is 53.2 Å². The Bertz CT molecular complexity index is 2060. The third-order valence-electron chi connectivity index (χ3n) is 12.7. The average molecular weight is 852 g/mol. The number of fused-ring (bicyclic) bond motifs is 5. The Morgan fingerprint density at radius 3 is 2.42 bits per heavy atom. The summed E-state index contributed by atoms with van der Waals surface area (Å²) < 4.78 is 33.3. The fraction of sp³-hybridized carbons (Fsp3) is 0.556. The number of aliphatic hydroxyl groups excluding tert-OH is 1. The van der Waals surface area contributed by atoms with Crippen LogP contribution in [0.25, 0.3) is 0 Å². The van der Waals surface area contributed by atoms with Crippen LogP contribution >= 0.6 is 11.8 Å². The fourth-order valence-electron chi connectivity index (χ4n) is 9.19. The van der Waals surface area contributed by atoms with E-state index in [9.17, 15) is 24.9 Å². The number of aliphatic carboxylic acids is 1. The molecule has 2 aromatic rings. The first-order chi connectivity index (χ1) is 28.4. The number of carbonyl (C=O) groups is 2. The molecular weight excluding hydrogens is 791 g/mol. The van der Waals surface area contributed by atoms with E-state index in [-0.39, 0.29) is 70.6 Å². The molecule has 5 aliphatic rings. The summed E-state index contributed by atoms with van der Waals surface area (Å²) in [6, 6.07) is 5.19. The largest absolute Gasteiger partial charge is 0.508 e. The van der Waals surface area contributed by atoms with E-state index in [0.29, 0.717) is 47.8 Å². The lowest BCUT2D eigenvalue weighted by Crippen LogP contribution is -2.67. The number of benzene rings is 2. The van der Waals surface area contributed by atoms with Crippen molar-refractivity contribution in [1.29, 1.82) is 0 Å². The molecule has 3 fully saturated rings. The van der Waals surface area contributed by atoms with E-state index in [1.807, 2.05) is 27.7 Å². The number of rotatable bonds is 11. The molecule has 2 bridgehead atoms. The van der Waals surface area contributed by atoms with Crippen molar-refractivity contribution >= 4 is 24.2 Å². The summed E-state index contributed by atoms with van der Waals surface area (Å²) in [6.45, 7) is 17.2. The maximum Gasteiger partial charge on any atom is 0.329 e. The number of aliphatic hydroxyl groups is 1. The molecule has 0 spiro atoms. The standard InChI is InChI=1S/C40H49N3O10S.C5H12O/c1-20-12-25-13-26-16-43(29-9-8-27(29)38-37(52-19-53-38)21(2)22(3)45)33(34(42(26)5)32(25)35(46)36(20)50-7)23(4)54-17-40(39(47)48)28-15-30(49-6)31(51-18-44)14-24(28)10-11-41-40;1-5(2,3)6-4/h12,14-15,18,23,26,29,33-34,41,45-46H,3,8-11,13,16-17,19H2,1-2,4-7H3,(H,47,48);1-4H3/b37-21+,38-27-;/t23?,26?,29?,33?,34?,40-;/m1./s1. The van der Waals surface area contributed by atoms with Crippen molar-refractivity contribution in [2.24, 2.45) is 0 Å². The highest BCUT2D eigenvalue weighted by Gasteiger charge is 2.53. The number of aryl methyl sites for hydroxylation is 1. The van der Waals surface area contributed by atoms with Gasteiger partial charge < -0.3 is 43.7 Å². The lowest BCUT2D eigenvalue weighted by Gasteiger charge is -2.59. The molecule has 2 saturated heterocycles. The van der Waals surface area contributed by atoms with Crippen LogP contribution in [0.4, 0.5) is 0 Å². The maximum atomic E-state index is 13.4. The molecule has 4 heterocycles. The number of nitrogens with one attached hydrogen (secondary N) is 1. The number of phenolic OH excluding ortho intramolecular Hbond substituents is 1. The number of nitrogens with zero attached hydrogens (tertiary/aromatic N) is 2. The van der Waals surface area contributed by atoms with Crippen LogP contribution in [0.2, 0.25) is 0 Å². The molecule has 4 aliphatic heterocycles. The Morgan fingerprint density at radius 2 is 1.83 bits per heavy atom. The first kappa shape index (κ1) is 45.1. The second kappa shape index (κ2) is 17.9. The van der Waals surface area contributed by atoms with Gasteiger partial charge in [-0.2, -0.15) is 11.8 Å². The number of methoxy groups -OCH3 is 3. The molecule has 328 valence electrons. The second-order valence-electron chi connectivity index (χ2n) is 17.1. The number of carboxylic acids is 1. The highest BCUT2D eigenvalue weighted by Crippen LogP contribution is 2.53. The van der Waals surface area contributed by atoms with Crippen molar-refractivity contribution in [3.63, 3.8) is 0 Å². The molecule has 0 aromatic heterocycles. The molecule has 0 amide bonds. The molecule has 5 unspecified atom stereocenters. The van der Waals surface area contributed by atoms with Gasteiger partial charge in [-0.15, -0.1) is 0 Å². The molecule has 1 aliphatic carbocycles. The smallest absolute Gasteiger partial charge is 0.329 e. The zero-order chi connectivity index (χ0) is 43.8. The Labute approximate surface area is 357 Å². The number of hydrogen-bond acceptors (Lipinski definition) is 14. The van der Waals surface area contributed by atoms with Crippen LogP contribution in [-0.2, 0) is 42.2 Å². The Morgan fingerprint density at radius 1 is 1.12 bits per heavy atom. The van der Waals surface area contributed by atoms with Crippen molar-refractivity contribution < 1.29 is 53.3 Å². The lowest BCUT2D eigenvalue weighted by atomic mass is 9.75. The minimum Gasteiger partial charge on any atom is -0.508 e. The van der Waals surface area contributed by atoms with Crippen molar-refractivity contribution in [2.45, 2.75) is 108 Å². The molecule has 2 aromatic carbocycles. The van der Waals surface area contributed by atoms with Crippen LogP contribution in [-0.4, -0.2) is 121 Å². The van der Waals surface area contributed by atoms with Gasteiger partial charge in [0, 0.05) is 60.5 Å². The summed E-state index contributed by atoms with van der Waals surface area (Å²) >= 11 is 1.57. The van der Waals surface area contributed by atoms with Gasteiger partial charge in [0.2, 0.25) is 6.79 Å². The number of allylic oxidation sites excluding steroid dienone is 1. The minimum absolute atomic E-state index is 0.0123. The number of hydrogen-bond donors (Lipinski definition) is 4. The van der Waals surface area contributed by atoms with Crippen LogP contribution in [0, 0.1) is 6.92 Å². The first-order valence-electron chi connectivity index (χ1n) is 20.3. The van der Waals surface area contributed by atoms with Crippen LogP contribution in [0.3, 0.4) is 0 Å². The molecule has 7 rings (SSSR count). The van der Waals surface area contributed by atoms with Gasteiger partial charge in [-0.3, -0.25) is 19.9 Å². The molecular formula is C45H61N3O11S.